The molecule has 16 heavy (non-hydrogen) atoms. The highest BCUT2D eigenvalue weighted by molar-refractivity contribution is 6.33. The van der Waals surface area contributed by atoms with E-state index in [9.17, 15) is 9.18 Å². The van der Waals surface area contributed by atoms with Crippen LogP contribution >= 0.6 is 11.6 Å². The Morgan fingerprint density at radius 2 is 2.25 bits per heavy atom. The third kappa shape index (κ3) is 4.06. The molecule has 1 rings (SSSR count). The molecule has 1 aromatic carbocycles. The predicted octanol–water partition coefficient (Wildman–Crippen LogP) is 3.40. The third-order valence-electron chi connectivity index (χ3n) is 2.00. The van der Waals surface area contributed by atoms with Gasteiger partial charge >= 0.3 is 6.03 Å². The predicted molar refractivity (Wildman–Crippen MR) is 63.3 cm³/mol. The van der Waals surface area contributed by atoms with Gasteiger partial charge in [0.1, 0.15) is 5.82 Å². The van der Waals surface area contributed by atoms with Gasteiger partial charge in [-0.25, -0.2) is 9.18 Å². The van der Waals surface area contributed by atoms with Gasteiger partial charge < -0.3 is 10.6 Å². The van der Waals surface area contributed by atoms with E-state index in [0.29, 0.717) is 12.2 Å². The largest absolute Gasteiger partial charge is 0.338 e. The van der Waals surface area contributed by atoms with Crippen LogP contribution in [0.3, 0.4) is 0 Å². The number of halogens is 2. The van der Waals surface area contributed by atoms with Crippen LogP contribution in [0.5, 0.6) is 0 Å². The molecule has 0 saturated carbocycles. The molecule has 0 fully saturated rings. The maximum absolute atomic E-state index is 12.7. The molecule has 0 aromatic heterocycles. The summed E-state index contributed by atoms with van der Waals surface area (Å²) in [4.78, 5) is 11.3. The summed E-state index contributed by atoms with van der Waals surface area (Å²) >= 11 is 5.75. The zero-order chi connectivity index (χ0) is 12.0. The summed E-state index contributed by atoms with van der Waals surface area (Å²) < 4.78 is 12.7. The van der Waals surface area contributed by atoms with Crippen LogP contribution in [-0.4, -0.2) is 12.6 Å². The maximum atomic E-state index is 12.7. The summed E-state index contributed by atoms with van der Waals surface area (Å²) in [6.07, 6.45) is 1.93. The van der Waals surface area contributed by atoms with Crippen LogP contribution < -0.4 is 10.6 Å². The van der Waals surface area contributed by atoms with Crippen LogP contribution in [0.25, 0.3) is 0 Å². The molecule has 0 aliphatic rings. The second kappa shape index (κ2) is 6.33. The Bertz CT molecular complexity index is 371. The van der Waals surface area contributed by atoms with Gasteiger partial charge in [-0.2, -0.15) is 0 Å². The van der Waals surface area contributed by atoms with E-state index in [1.807, 2.05) is 6.92 Å². The first-order chi connectivity index (χ1) is 7.63. The Morgan fingerprint density at radius 1 is 1.50 bits per heavy atom. The van der Waals surface area contributed by atoms with Gasteiger partial charge in [-0.3, -0.25) is 0 Å². The van der Waals surface area contributed by atoms with Crippen molar-refractivity contribution in [2.24, 2.45) is 0 Å². The lowest BCUT2D eigenvalue weighted by molar-refractivity contribution is 0.252. The topological polar surface area (TPSA) is 41.1 Å². The average molecular weight is 245 g/mol. The van der Waals surface area contributed by atoms with Crippen LogP contribution in [0.4, 0.5) is 14.9 Å². The number of hydrogen-bond acceptors (Lipinski definition) is 1. The summed E-state index contributed by atoms with van der Waals surface area (Å²) in [5, 5.41) is 5.40. The molecule has 0 spiro atoms. The van der Waals surface area contributed by atoms with Crippen molar-refractivity contribution in [2.75, 3.05) is 11.9 Å². The molecule has 2 N–H and O–H groups in total. The van der Waals surface area contributed by atoms with Crippen LogP contribution in [0.2, 0.25) is 5.02 Å². The molecule has 2 amide bonds. The van der Waals surface area contributed by atoms with Crippen LogP contribution in [0.1, 0.15) is 19.8 Å². The molecule has 0 heterocycles. The maximum Gasteiger partial charge on any atom is 0.319 e. The monoisotopic (exact) mass is 244 g/mol. The Hall–Kier alpha value is -1.29. The van der Waals surface area contributed by atoms with Crippen LogP contribution in [-0.2, 0) is 0 Å². The molecule has 0 aliphatic heterocycles. The van der Waals surface area contributed by atoms with Crippen molar-refractivity contribution in [2.45, 2.75) is 19.8 Å². The summed E-state index contributed by atoms with van der Waals surface area (Å²) in [5.41, 5.74) is 0.400. The van der Waals surface area contributed by atoms with Crippen LogP contribution in [0.15, 0.2) is 18.2 Å². The molecule has 0 unspecified atom stereocenters. The van der Waals surface area contributed by atoms with Gasteiger partial charge in [0.15, 0.2) is 0 Å². The highest BCUT2D eigenvalue weighted by Gasteiger charge is 2.05. The Labute approximate surface area is 99.0 Å². The van der Waals surface area contributed by atoms with Crippen LogP contribution in [0, 0.1) is 5.82 Å². The van der Waals surface area contributed by atoms with Crippen molar-refractivity contribution in [3.8, 4) is 0 Å². The Kier molecular flexibility index (Phi) is 5.05. The molecule has 0 atom stereocenters. The minimum absolute atomic E-state index is 0.186. The Morgan fingerprint density at radius 3 is 2.88 bits per heavy atom. The van der Waals surface area contributed by atoms with Crippen molar-refractivity contribution in [1.82, 2.24) is 5.32 Å². The first kappa shape index (κ1) is 12.8. The molecule has 5 heteroatoms. The van der Waals surface area contributed by atoms with E-state index in [-0.39, 0.29) is 11.1 Å². The molecular weight excluding hydrogens is 231 g/mol. The number of amides is 2. The minimum Gasteiger partial charge on any atom is -0.338 e. The second-order valence-corrected chi connectivity index (χ2v) is 3.77. The van der Waals surface area contributed by atoms with Crippen molar-refractivity contribution < 1.29 is 9.18 Å². The quantitative estimate of drug-likeness (QED) is 0.783. The fraction of sp³-hybridized carbons (Fsp3) is 0.364. The molecule has 0 saturated heterocycles. The highest BCUT2D eigenvalue weighted by Crippen LogP contribution is 2.21. The lowest BCUT2D eigenvalue weighted by Crippen LogP contribution is -2.29. The van der Waals surface area contributed by atoms with Crippen molar-refractivity contribution in [3.05, 3.63) is 29.0 Å². The molecule has 3 nitrogen and oxygen atoms in total. The van der Waals surface area contributed by atoms with E-state index in [0.717, 1.165) is 18.9 Å². The second-order valence-electron chi connectivity index (χ2n) is 3.36. The van der Waals surface area contributed by atoms with E-state index >= 15 is 0 Å². The van der Waals surface area contributed by atoms with E-state index < -0.39 is 5.82 Å². The van der Waals surface area contributed by atoms with Gasteiger partial charge in [0.25, 0.3) is 0 Å². The molecule has 0 bridgehead atoms. The van der Waals surface area contributed by atoms with Gasteiger partial charge in [0.05, 0.1) is 10.7 Å². The third-order valence-corrected chi connectivity index (χ3v) is 2.31. The SMILES string of the molecule is CCCCNC(=O)Nc1ccc(F)cc1Cl. The van der Waals surface area contributed by atoms with E-state index in [4.69, 9.17) is 11.6 Å². The zero-order valence-corrected chi connectivity index (χ0v) is 9.77. The van der Waals surface area contributed by atoms with Gasteiger partial charge in [0.2, 0.25) is 0 Å². The summed E-state index contributed by atoms with van der Waals surface area (Å²) in [6, 6.07) is 3.50. The van der Waals surface area contributed by atoms with Gasteiger partial charge in [-0.15, -0.1) is 0 Å². The Balaban J connectivity index is 2.49. The molecule has 88 valence electrons. The summed E-state index contributed by atoms with van der Waals surface area (Å²) in [7, 11) is 0. The number of nitrogens with one attached hydrogen (secondary N) is 2. The zero-order valence-electron chi connectivity index (χ0n) is 9.02. The van der Waals surface area contributed by atoms with Crippen molar-refractivity contribution >= 4 is 23.3 Å². The molecule has 0 aliphatic carbocycles. The number of rotatable bonds is 4. The number of carbonyl (C=O) groups excluding carboxylic acids is 1. The molecular formula is C11H14ClFN2O. The van der Waals surface area contributed by atoms with E-state index in [1.54, 1.807) is 0 Å². The first-order valence-corrected chi connectivity index (χ1v) is 5.51. The normalized spacial score (nSPS) is 9.94. The first-order valence-electron chi connectivity index (χ1n) is 5.13. The number of anilines is 1. The number of unbranched alkanes of at least 4 members (excludes halogenated alkanes) is 1. The van der Waals surface area contributed by atoms with E-state index in [1.165, 1.54) is 12.1 Å². The highest BCUT2D eigenvalue weighted by atomic mass is 35.5. The number of benzene rings is 1. The summed E-state index contributed by atoms with van der Waals surface area (Å²) in [6.45, 7) is 2.65. The minimum atomic E-state index is -0.429. The number of carbonyl (C=O) groups is 1. The summed E-state index contributed by atoms with van der Waals surface area (Å²) in [5.74, 6) is -0.429. The van der Waals surface area contributed by atoms with E-state index in [2.05, 4.69) is 10.6 Å². The lowest BCUT2D eigenvalue weighted by Gasteiger charge is -2.08. The fourth-order valence-electron chi connectivity index (χ4n) is 1.14. The fourth-order valence-corrected chi connectivity index (χ4v) is 1.35. The number of hydrogen-bond donors (Lipinski definition) is 2. The molecule has 0 radical (unpaired) electrons. The molecule has 1 aromatic rings. The average Bonchev–Trinajstić information content (AvgIpc) is 2.23. The van der Waals surface area contributed by atoms with Gasteiger partial charge in [-0.05, 0) is 24.6 Å². The van der Waals surface area contributed by atoms with Gasteiger partial charge in [-0.1, -0.05) is 24.9 Å². The number of urea groups is 1. The van der Waals surface area contributed by atoms with Crippen molar-refractivity contribution in [3.63, 3.8) is 0 Å². The van der Waals surface area contributed by atoms with Gasteiger partial charge in [0, 0.05) is 6.54 Å². The smallest absolute Gasteiger partial charge is 0.319 e. The lowest BCUT2D eigenvalue weighted by atomic mass is 10.3. The van der Waals surface area contributed by atoms with Crippen molar-refractivity contribution in [1.29, 1.82) is 0 Å². The standard InChI is InChI=1S/C11H14ClFN2O/c1-2-3-6-14-11(16)15-10-5-4-8(13)7-9(10)12/h4-5,7H,2-3,6H2,1H3,(H2,14,15,16).